The minimum atomic E-state index is -0.672. The molecule has 0 saturated heterocycles. The second kappa shape index (κ2) is 4.95. The average molecular weight is 278 g/mol. The van der Waals surface area contributed by atoms with Crippen molar-refractivity contribution in [3.8, 4) is 0 Å². The SMILES string of the molecule is ClCc1ccc(C(Cl)Cl)c(Cl)c1Cl. The number of hydrogen-bond donors (Lipinski definition) is 0. The Morgan fingerprint density at radius 2 is 1.69 bits per heavy atom. The third-order valence-corrected chi connectivity index (χ3v) is 3.27. The van der Waals surface area contributed by atoms with E-state index >= 15 is 0 Å². The summed E-state index contributed by atoms with van der Waals surface area (Å²) in [6, 6.07) is 3.48. The first-order valence-corrected chi connectivity index (χ1v) is 5.55. The van der Waals surface area contributed by atoms with Gasteiger partial charge in [-0.1, -0.05) is 35.3 Å². The van der Waals surface area contributed by atoms with Gasteiger partial charge in [0.1, 0.15) is 4.84 Å². The summed E-state index contributed by atoms with van der Waals surface area (Å²) in [5.41, 5.74) is 1.37. The monoisotopic (exact) mass is 276 g/mol. The molecule has 0 aliphatic carbocycles. The van der Waals surface area contributed by atoms with Gasteiger partial charge < -0.3 is 0 Å². The lowest BCUT2D eigenvalue weighted by atomic mass is 10.2. The molecule has 0 N–H and O–H groups in total. The number of rotatable bonds is 2. The quantitative estimate of drug-likeness (QED) is 0.652. The Morgan fingerprint density at radius 3 is 2.15 bits per heavy atom. The highest BCUT2D eigenvalue weighted by Crippen LogP contribution is 2.37. The predicted octanol–water partition coefficient (Wildman–Crippen LogP) is 5.21. The standard InChI is InChI=1S/C8H5Cl5/c9-3-4-1-2-5(8(12)13)7(11)6(4)10/h1-2,8H,3H2. The molecule has 0 amide bonds. The average Bonchev–Trinajstić information content (AvgIpc) is 2.09. The van der Waals surface area contributed by atoms with Gasteiger partial charge in [-0.15, -0.1) is 34.8 Å². The van der Waals surface area contributed by atoms with Crippen LogP contribution < -0.4 is 0 Å². The van der Waals surface area contributed by atoms with Crippen LogP contribution in [0.3, 0.4) is 0 Å². The second-order valence-electron chi connectivity index (χ2n) is 2.38. The fraction of sp³-hybridized carbons (Fsp3) is 0.250. The van der Waals surface area contributed by atoms with Crippen LogP contribution in [0.1, 0.15) is 16.0 Å². The van der Waals surface area contributed by atoms with Gasteiger partial charge in [-0.05, 0) is 5.56 Å². The molecule has 72 valence electrons. The van der Waals surface area contributed by atoms with E-state index in [0.717, 1.165) is 5.56 Å². The van der Waals surface area contributed by atoms with Crippen molar-refractivity contribution in [1.82, 2.24) is 0 Å². The van der Waals surface area contributed by atoms with Crippen LogP contribution in [0.2, 0.25) is 10.0 Å². The molecule has 0 nitrogen and oxygen atoms in total. The normalized spacial score (nSPS) is 10.9. The highest BCUT2D eigenvalue weighted by molar-refractivity contribution is 6.47. The van der Waals surface area contributed by atoms with E-state index in [0.29, 0.717) is 21.5 Å². The molecular weight excluding hydrogens is 273 g/mol. The number of hydrogen-bond acceptors (Lipinski definition) is 0. The Bertz CT molecular complexity index is 308. The summed E-state index contributed by atoms with van der Waals surface area (Å²) in [6.45, 7) is 0. The molecule has 0 aliphatic heterocycles. The van der Waals surface area contributed by atoms with Gasteiger partial charge in [-0.25, -0.2) is 0 Å². The maximum absolute atomic E-state index is 5.91. The smallest absolute Gasteiger partial charge is 0.121 e. The molecule has 1 aromatic rings. The van der Waals surface area contributed by atoms with Crippen molar-refractivity contribution >= 4 is 58.0 Å². The molecule has 0 atom stereocenters. The van der Waals surface area contributed by atoms with Crippen molar-refractivity contribution in [2.75, 3.05) is 0 Å². The third kappa shape index (κ3) is 2.57. The van der Waals surface area contributed by atoms with E-state index in [1.54, 1.807) is 12.1 Å². The van der Waals surface area contributed by atoms with Gasteiger partial charge in [0.25, 0.3) is 0 Å². The zero-order chi connectivity index (χ0) is 10.0. The van der Waals surface area contributed by atoms with Gasteiger partial charge in [-0.3, -0.25) is 0 Å². The summed E-state index contributed by atoms with van der Waals surface area (Å²) in [5.74, 6) is 0.314. The maximum atomic E-state index is 5.91. The molecule has 5 heteroatoms. The number of halogens is 5. The molecule has 0 unspecified atom stereocenters. The second-order valence-corrected chi connectivity index (χ2v) is 4.50. The lowest BCUT2D eigenvalue weighted by Gasteiger charge is -2.08. The first-order valence-electron chi connectivity index (χ1n) is 3.38. The molecule has 0 saturated carbocycles. The molecule has 0 heterocycles. The lowest BCUT2D eigenvalue weighted by molar-refractivity contribution is 1.30. The van der Waals surface area contributed by atoms with Crippen LogP contribution in [0.25, 0.3) is 0 Å². The van der Waals surface area contributed by atoms with Crippen LogP contribution in [0.4, 0.5) is 0 Å². The highest BCUT2D eigenvalue weighted by atomic mass is 35.5. The van der Waals surface area contributed by atoms with E-state index < -0.39 is 4.84 Å². The largest absolute Gasteiger partial charge is 0.134 e. The Morgan fingerprint density at radius 1 is 1.08 bits per heavy atom. The van der Waals surface area contributed by atoms with Crippen molar-refractivity contribution in [2.45, 2.75) is 10.7 Å². The van der Waals surface area contributed by atoms with Crippen molar-refractivity contribution in [3.63, 3.8) is 0 Å². The van der Waals surface area contributed by atoms with Gasteiger partial charge >= 0.3 is 0 Å². The lowest BCUT2D eigenvalue weighted by Crippen LogP contribution is -1.88. The zero-order valence-corrected chi connectivity index (χ0v) is 10.1. The van der Waals surface area contributed by atoms with Gasteiger partial charge in [0, 0.05) is 11.4 Å². The molecule has 0 radical (unpaired) electrons. The van der Waals surface area contributed by atoms with Gasteiger partial charge in [0.05, 0.1) is 10.0 Å². The van der Waals surface area contributed by atoms with Crippen LogP contribution in [0.5, 0.6) is 0 Å². The predicted molar refractivity (Wildman–Crippen MR) is 60.5 cm³/mol. The summed E-state index contributed by atoms with van der Waals surface area (Å²) < 4.78 is 0. The Kier molecular flexibility index (Phi) is 4.47. The Hall–Kier alpha value is 0.670. The summed E-state index contributed by atoms with van der Waals surface area (Å²) in [6.07, 6.45) is 0. The van der Waals surface area contributed by atoms with E-state index in [9.17, 15) is 0 Å². The Balaban J connectivity index is 3.23. The maximum Gasteiger partial charge on any atom is 0.134 e. The Labute approximate surface area is 102 Å². The molecule has 0 aliphatic rings. The van der Waals surface area contributed by atoms with Crippen molar-refractivity contribution < 1.29 is 0 Å². The van der Waals surface area contributed by atoms with Gasteiger partial charge in [-0.2, -0.15) is 0 Å². The van der Waals surface area contributed by atoms with Crippen molar-refractivity contribution in [1.29, 1.82) is 0 Å². The van der Waals surface area contributed by atoms with Crippen molar-refractivity contribution in [3.05, 3.63) is 33.3 Å². The summed E-state index contributed by atoms with van der Waals surface area (Å²) in [5, 5.41) is 0.787. The van der Waals surface area contributed by atoms with Gasteiger partial charge in [0.2, 0.25) is 0 Å². The number of alkyl halides is 3. The van der Waals surface area contributed by atoms with Gasteiger partial charge in [0.15, 0.2) is 0 Å². The van der Waals surface area contributed by atoms with Crippen LogP contribution in [-0.2, 0) is 5.88 Å². The molecular formula is C8H5Cl5. The molecule has 13 heavy (non-hydrogen) atoms. The summed E-state index contributed by atoms with van der Waals surface area (Å²) in [7, 11) is 0. The molecule has 0 bridgehead atoms. The number of benzene rings is 1. The summed E-state index contributed by atoms with van der Waals surface area (Å²) in [4.78, 5) is -0.672. The van der Waals surface area contributed by atoms with Crippen LogP contribution >= 0.6 is 58.0 Å². The van der Waals surface area contributed by atoms with Crippen molar-refractivity contribution in [2.24, 2.45) is 0 Å². The molecule has 1 rings (SSSR count). The van der Waals surface area contributed by atoms with Crippen LogP contribution in [0, 0.1) is 0 Å². The fourth-order valence-corrected chi connectivity index (χ4v) is 2.18. The van der Waals surface area contributed by atoms with Crippen LogP contribution in [0.15, 0.2) is 12.1 Å². The minimum absolute atomic E-state index is 0.314. The third-order valence-electron chi connectivity index (χ3n) is 1.57. The molecule has 0 aromatic heterocycles. The highest BCUT2D eigenvalue weighted by Gasteiger charge is 2.13. The first-order chi connectivity index (χ1) is 6.07. The zero-order valence-electron chi connectivity index (χ0n) is 6.33. The van der Waals surface area contributed by atoms with E-state index in [4.69, 9.17) is 58.0 Å². The van der Waals surface area contributed by atoms with Crippen LogP contribution in [-0.4, -0.2) is 0 Å². The van der Waals surface area contributed by atoms with E-state index in [1.165, 1.54) is 0 Å². The minimum Gasteiger partial charge on any atom is -0.121 e. The fourth-order valence-electron chi connectivity index (χ4n) is 0.876. The van der Waals surface area contributed by atoms with E-state index in [1.807, 2.05) is 0 Å². The van der Waals surface area contributed by atoms with E-state index in [2.05, 4.69) is 0 Å². The molecule has 0 spiro atoms. The van der Waals surface area contributed by atoms with E-state index in [-0.39, 0.29) is 0 Å². The molecule has 1 aromatic carbocycles. The first kappa shape index (κ1) is 11.7. The summed E-state index contributed by atoms with van der Waals surface area (Å²) >= 11 is 28.8. The molecule has 0 fully saturated rings. The topological polar surface area (TPSA) is 0 Å².